The molecule has 1 heterocycles. The third-order valence-corrected chi connectivity index (χ3v) is 3.16. The number of nitrogens with zero attached hydrogens (tertiary/aromatic N) is 2. The second kappa shape index (κ2) is 6.97. The monoisotopic (exact) mass is 291 g/mol. The van der Waals surface area contributed by atoms with Crippen LogP contribution in [0.3, 0.4) is 0 Å². The van der Waals surface area contributed by atoms with Crippen LogP contribution in [-0.2, 0) is 11.2 Å². The van der Waals surface area contributed by atoms with Crippen LogP contribution in [0.15, 0.2) is 28.8 Å². The third-order valence-electron chi connectivity index (χ3n) is 3.16. The van der Waals surface area contributed by atoms with E-state index in [1.807, 2.05) is 13.8 Å². The summed E-state index contributed by atoms with van der Waals surface area (Å²) in [5.74, 6) is 0.441. The van der Waals surface area contributed by atoms with E-state index in [-0.39, 0.29) is 17.8 Å². The minimum Gasteiger partial charge on any atom is -0.354 e. The number of rotatable bonds is 6. The van der Waals surface area contributed by atoms with Crippen molar-refractivity contribution < 1.29 is 13.7 Å². The second-order valence-electron chi connectivity index (χ2n) is 4.90. The van der Waals surface area contributed by atoms with Gasteiger partial charge in [0, 0.05) is 24.4 Å². The molecule has 1 amide bonds. The summed E-state index contributed by atoms with van der Waals surface area (Å²) in [6.45, 7) is 3.97. The van der Waals surface area contributed by atoms with Crippen molar-refractivity contribution in [2.24, 2.45) is 0 Å². The zero-order chi connectivity index (χ0) is 15.2. The largest absolute Gasteiger partial charge is 0.354 e. The summed E-state index contributed by atoms with van der Waals surface area (Å²) >= 11 is 0. The molecule has 0 fully saturated rings. The molecule has 0 saturated heterocycles. The molecule has 0 spiro atoms. The summed E-state index contributed by atoms with van der Waals surface area (Å²) in [7, 11) is 0. The van der Waals surface area contributed by atoms with Gasteiger partial charge in [0.1, 0.15) is 5.82 Å². The summed E-state index contributed by atoms with van der Waals surface area (Å²) < 4.78 is 17.9. The van der Waals surface area contributed by atoms with E-state index in [0.717, 1.165) is 6.42 Å². The minimum atomic E-state index is -0.316. The number of carbonyl (C=O) groups excluding carboxylic acids is 1. The maximum Gasteiger partial charge on any atom is 0.227 e. The quantitative estimate of drug-likeness (QED) is 0.888. The van der Waals surface area contributed by atoms with Crippen molar-refractivity contribution in [3.63, 3.8) is 0 Å². The Bertz CT molecular complexity index is 595. The van der Waals surface area contributed by atoms with E-state index in [2.05, 4.69) is 15.5 Å². The fourth-order valence-corrected chi connectivity index (χ4v) is 1.74. The average molecular weight is 291 g/mol. The molecule has 2 rings (SSSR count). The van der Waals surface area contributed by atoms with Gasteiger partial charge in [0.05, 0.1) is 0 Å². The van der Waals surface area contributed by atoms with Gasteiger partial charge in [0.15, 0.2) is 0 Å². The molecule has 112 valence electrons. The predicted octanol–water partition coefficient (Wildman–Crippen LogP) is 2.72. The first-order valence-corrected chi connectivity index (χ1v) is 6.96. The topological polar surface area (TPSA) is 68.0 Å². The van der Waals surface area contributed by atoms with Crippen LogP contribution in [0.2, 0.25) is 0 Å². The average Bonchev–Trinajstić information content (AvgIpc) is 2.94. The first kappa shape index (κ1) is 15.2. The fourth-order valence-electron chi connectivity index (χ4n) is 1.74. The molecule has 6 heteroatoms. The number of benzene rings is 1. The highest BCUT2D eigenvalue weighted by Gasteiger charge is 2.11. The smallest absolute Gasteiger partial charge is 0.227 e. The Morgan fingerprint density at radius 2 is 2.10 bits per heavy atom. The van der Waals surface area contributed by atoms with Gasteiger partial charge in [-0.2, -0.15) is 4.98 Å². The van der Waals surface area contributed by atoms with Crippen LogP contribution in [0.1, 0.15) is 32.6 Å². The molecule has 1 atom stereocenters. The van der Waals surface area contributed by atoms with E-state index in [0.29, 0.717) is 30.1 Å². The van der Waals surface area contributed by atoms with Gasteiger partial charge < -0.3 is 9.84 Å². The summed E-state index contributed by atoms with van der Waals surface area (Å²) in [6.07, 6.45) is 1.58. The maximum atomic E-state index is 12.8. The van der Waals surface area contributed by atoms with Crippen LogP contribution in [0, 0.1) is 5.82 Å². The summed E-state index contributed by atoms with van der Waals surface area (Å²) in [5.41, 5.74) is 0.676. The maximum absolute atomic E-state index is 12.8. The summed E-state index contributed by atoms with van der Waals surface area (Å²) in [6, 6.07) is 6.00. The van der Waals surface area contributed by atoms with Gasteiger partial charge in [-0.05, 0) is 37.6 Å². The zero-order valence-electron chi connectivity index (χ0n) is 12.1. The number of halogens is 1. The minimum absolute atomic E-state index is 0.0362. The lowest BCUT2D eigenvalue weighted by Gasteiger charge is -2.10. The summed E-state index contributed by atoms with van der Waals surface area (Å²) in [5, 5.41) is 6.70. The normalized spacial score (nSPS) is 12.1. The van der Waals surface area contributed by atoms with Gasteiger partial charge in [0.25, 0.3) is 0 Å². The summed E-state index contributed by atoms with van der Waals surface area (Å²) in [4.78, 5) is 15.9. The molecule has 0 aliphatic carbocycles. The van der Waals surface area contributed by atoms with E-state index in [4.69, 9.17) is 4.52 Å². The van der Waals surface area contributed by atoms with Crippen LogP contribution < -0.4 is 5.32 Å². The van der Waals surface area contributed by atoms with Crippen LogP contribution >= 0.6 is 0 Å². The Morgan fingerprint density at radius 1 is 1.38 bits per heavy atom. The van der Waals surface area contributed by atoms with Gasteiger partial charge in [-0.1, -0.05) is 12.1 Å². The molecule has 0 unspecified atom stereocenters. The highest BCUT2D eigenvalue weighted by Crippen LogP contribution is 2.16. The molecule has 1 N–H and O–H groups in total. The molecule has 0 saturated carbocycles. The molecule has 5 nitrogen and oxygen atoms in total. The molecule has 1 aromatic heterocycles. The van der Waals surface area contributed by atoms with Crippen LogP contribution in [0.5, 0.6) is 0 Å². The first-order valence-electron chi connectivity index (χ1n) is 6.96. The molecule has 0 aliphatic heterocycles. The molecule has 1 aromatic carbocycles. The standard InChI is InChI=1S/C15H18FN3O2/c1-3-10(2)17-13(20)8-9-14-18-15(19-21-14)11-4-6-12(16)7-5-11/h4-7,10H,3,8-9H2,1-2H3,(H,17,20)/t10-/m0/s1. The highest BCUT2D eigenvalue weighted by atomic mass is 19.1. The van der Waals surface area contributed by atoms with E-state index in [9.17, 15) is 9.18 Å². The highest BCUT2D eigenvalue weighted by molar-refractivity contribution is 5.76. The molecular formula is C15H18FN3O2. The van der Waals surface area contributed by atoms with Crippen molar-refractivity contribution in [3.8, 4) is 11.4 Å². The van der Waals surface area contributed by atoms with Crippen molar-refractivity contribution >= 4 is 5.91 Å². The SMILES string of the molecule is CC[C@H](C)NC(=O)CCc1nc(-c2ccc(F)cc2)no1. The van der Waals surface area contributed by atoms with Crippen LogP contribution in [-0.4, -0.2) is 22.1 Å². The zero-order valence-corrected chi connectivity index (χ0v) is 12.1. The molecule has 0 bridgehead atoms. The number of amides is 1. The van der Waals surface area contributed by atoms with Gasteiger partial charge >= 0.3 is 0 Å². The number of nitrogens with one attached hydrogen (secondary N) is 1. The molecule has 0 radical (unpaired) electrons. The van der Waals surface area contributed by atoms with E-state index < -0.39 is 0 Å². The van der Waals surface area contributed by atoms with Crippen LogP contribution in [0.25, 0.3) is 11.4 Å². The van der Waals surface area contributed by atoms with Gasteiger partial charge in [-0.25, -0.2) is 4.39 Å². The molecule has 0 aliphatic rings. The number of aromatic nitrogens is 2. The van der Waals surface area contributed by atoms with Crippen LogP contribution in [0.4, 0.5) is 4.39 Å². The van der Waals surface area contributed by atoms with E-state index >= 15 is 0 Å². The lowest BCUT2D eigenvalue weighted by molar-refractivity contribution is -0.121. The van der Waals surface area contributed by atoms with Gasteiger partial charge in [-0.15, -0.1) is 0 Å². The van der Waals surface area contributed by atoms with Crippen molar-refractivity contribution in [1.29, 1.82) is 0 Å². The van der Waals surface area contributed by atoms with Gasteiger partial charge in [0.2, 0.25) is 17.6 Å². The second-order valence-corrected chi connectivity index (χ2v) is 4.90. The number of hydrogen-bond acceptors (Lipinski definition) is 4. The third kappa shape index (κ3) is 4.37. The Morgan fingerprint density at radius 3 is 2.76 bits per heavy atom. The first-order chi connectivity index (χ1) is 10.1. The van der Waals surface area contributed by atoms with E-state index in [1.165, 1.54) is 12.1 Å². The number of hydrogen-bond donors (Lipinski definition) is 1. The van der Waals surface area contributed by atoms with Crippen molar-refractivity contribution in [3.05, 3.63) is 36.0 Å². The Balaban J connectivity index is 1.91. The van der Waals surface area contributed by atoms with Crippen molar-refractivity contribution in [2.45, 2.75) is 39.2 Å². The Kier molecular flexibility index (Phi) is 5.03. The lowest BCUT2D eigenvalue weighted by Crippen LogP contribution is -2.32. The van der Waals surface area contributed by atoms with E-state index in [1.54, 1.807) is 12.1 Å². The Hall–Kier alpha value is -2.24. The van der Waals surface area contributed by atoms with Crippen molar-refractivity contribution in [1.82, 2.24) is 15.5 Å². The predicted molar refractivity (Wildman–Crippen MR) is 75.9 cm³/mol. The Labute approximate surface area is 122 Å². The van der Waals surface area contributed by atoms with Gasteiger partial charge in [-0.3, -0.25) is 4.79 Å². The van der Waals surface area contributed by atoms with Crippen molar-refractivity contribution in [2.75, 3.05) is 0 Å². The number of carbonyl (C=O) groups is 1. The molecular weight excluding hydrogens is 273 g/mol. The number of aryl methyl sites for hydroxylation is 1. The molecule has 21 heavy (non-hydrogen) atoms. The fraction of sp³-hybridized carbons (Fsp3) is 0.400. The lowest BCUT2D eigenvalue weighted by atomic mass is 10.2. The molecule has 2 aromatic rings.